The molecule has 0 spiro atoms. The molecule has 0 aliphatic carbocycles. The molecule has 0 fully saturated rings. The monoisotopic (exact) mass is 300 g/mol. The summed E-state index contributed by atoms with van der Waals surface area (Å²) in [4.78, 5) is 12.3. The third kappa shape index (κ3) is 5.86. The molecule has 0 saturated carbocycles. The van der Waals surface area contributed by atoms with E-state index in [-0.39, 0.29) is 23.8 Å². The van der Waals surface area contributed by atoms with E-state index in [0.29, 0.717) is 6.42 Å². The number of benzene rings is 1. The number of para-hydroxylation sites is 1. The van der Waals surface area contributed by atoms with Crippen LogP contribution in [0.15, 0.2) is 42.5 Å². The number of carbonyl (C=O) groups excluding carboxylic acids is 1. The first kappa shape index (κ1) is 18.2. The molecule has 0 amide bonds. The van der Waals surface area contributed by atoms with Gasteiger partial charge in [0.05, 0.1) is 6.04 Å². The second-order valence-corrected chi connectivity index (χ2v) is 6.26. The minimum Gasteiger partial charge on any atom is -0.398 e. The maximum absolute atomic E-state index is 12.3. The highest BCUT2D eigenvalue weighted by Crippen LogP contribution is 2.16. The molecule has 3 N–H and O–H groups in total. The van der Waals surface area contributed by atoms with Crippen molar-refractivity contribution >= 4 is 17.5 Å². The van der Waals surface area contributed by atoms with Crippen molar-refractivity contribution in [3.63, 3.8) is 0 Å². The van der Waals surface area contributed by atoms with Crippen molar-refractivity contribution in [3.05, 3.63) is 48.1 Å². The van der Waals surface area contributed by atoms with E-state index in [9.17, 15) is 4.79 Å². The van der Waals surface area contributed by atoms with Gasteiger partial charge in [0.15, 0.2) is 5.78 Å². The fourth-order valence-corrected chi connectivity index (χ4v) is 2.25. The first-order valence-electron chi connectivity index (χ1n) is 7.81. The van der Waals surface area contributed by atoms with Crippen LogP contribution in [0.1, 0.15) is 39.7 Å². The van der Waals surface area contributed by atoms with Crippen LogP contribution in [-0.2, 0) is 4.79 Å². The van der Waals surface area contributed by atoms with Gasteiger partial charge in [-0.3, -0.25) is 4.79 Å². The first-order valence-corrected chi connectivity index (χ1v) is 7.81. The van der Waals surface area contributed by atoms with Crippen LogP contribution in [0.25, 0.3) is 6.08 Å². The molecule has 0 aliphatic rings. The van der Waals surface area contributed by atoms with Crippen molar-refractivity contribution in [1.29, 1.82) is 0 Å². The number of hydrogen-bond donors (Lipinski definition) is 2. The van der Waals surface area contributed by atoms with Gasteiger partial charge in [0.25, 0.3) is 0 Å². The van der Waals surface area contributed by atoms with Gasteiger partial charge in [-0.2, -0.15) is 0 Å². The minimum atomic E-state index is -0.190. The molecule has 3 heteroatoms. The van der Waals surface area contributed by atoms with Crippen LogP contribution >= 0.6 is 0 Å². The summed E-state index contributed by atoms with van der Waals surface area (Å²) < 4.78 is 0. The quantitative estimate of drug-likeness (QED) is 0.567. The number of ketones is 1. The molecule has 120 valence electrons. The molecule has 1 atom stereocenters. The van der Waals surface area contributed by atoms with E-state index in [1.54, 1.807) is 0 Å². The van der Waals surface area contributed by atoms with Crippen molar-refractivity contribution in [2.75, 3.05) is 5.73 Å². The van der Waals surface area contributed by atoms with Crippen molar-refractivity contribution < 1.29 is 4.79 Å². The predicted molar refractivity (Wildman–Crippen MR) is 95.6 cm³/mol. The maximum Gasteiger partial charge on any atom is 0.152 e. The molecule has 3 nitrogen and oxygen atoms in total. The Morgan fingerprint density at radius 2 is 1.91 bits per heavy atom. The molecule has 0 heterocycles. The van der Waals surface area contributed by atoms with Crippen LogP contribution in [0.5, 0.6) is 0 Å². The fraction of sp³-hybridized carbons (Fsp3) is 0.421. The summed E-state index contributed by atoms with van der Waals surface area (Å²) in [6, 6.07) is 7.76. The zero-order valence-corrected chi connectivity index (χ0v) is 14.1. The SMILES string of the molecule is C=C(/C=C\c1ccccc1N)C[C@H](NC(C)C)C(=O)C(C)C. The Morgan fingerprint density at radius 3 is 2.45 bits per heavy atom. The Hall–Kier alpha value is -1.87. The normalized spacial score (nSPS) is 13.0. The number of carbonyl (C=O) groups is 1. The van der Waals surface area contributed by atoms with Crippen LogP contribution < -0.4 is 11.1 Å². The molecule has 0 aliphatic heterocycles. The van der Waals surface area contributed by atoms with Crippen molar-refractivity contribution in [3.8, 4) is 0 Å². The molecule has 0 unspecified atom stereocenters. The Balaban J connectivity index is 2.75. The van der Waals surface area contributed by atoms with Gasteiger partial charge in [0.2, 0.25) is 0 Å². The average molecular weight is 300 g/mol. The van der Waals surface area contributed by atoms with Crippen LogP contribution in [0.4, 0.5) is 5.69 Å². The Labute approximate surface area is 134 Å². The van der Waals surface area contributed by atoms with Crippen LogP contribution in [0.3, 0.4) is 0 Å². The Morgan fingerprint density at radius 1 is 1.27 bits per heavy atom. The number of nitrogens with two attached hydrogens (primary N) is 1. The number of hydrogen-bond acceptors (Lipinski definition) is 3. The van der Waals surface area contributed by atoms with E-state index in [2.05, 4.69) is 11.9 Å². The summed E-state index contributed by atoms with van der Waals surface area (Å²) >= 11 is 0. The van der Waals surface area contributed by atoms with Gasteiger partial charge in [-0.05, 0) is 18.1 Å². The first-order chi connectivity index (χ1) is 10.3. The van der Waals surface area contributed by atoms with E-state index >= 15 is 0 Å². The van der Waals surface area contributed by atoms with Crippen molar-refractivity contribution in [2.24, 2.45) is 5.92 Å². The third-order valence-electron chi connectivity index (χ3n) is 3.41. The summed E-state index contributed by atoms with van der Waals surface area (Å²) in [5.41, 5.74) is 8.53. The fourth-order valence-electron chi connectivity index (χ4n) is 2.25. The zero-order chi connectivity index (χ0) is 16.7. The summed E-state index contributed by atoms with van der Waals surface area (Å²) in [5.74, 6) is 0.236. The van der Waals surface area contributed by atoms with Gasteiger partial charge in [-0.25, -0.2) is 0 Å². The van der Waals surface area contributed by atoms with Gasteiger partial charge in [-0.15, -0.1) is 0 Å². The molecule has 0 bridgehead atoms. The average Bonchev–Trinajstić information content (AvgIpc) is 2.44. The summed E-state index contributed by atoms with van der Waals surface area (Å²) in [6.07, 6.45) is 4.50. The molecule has 0 radical (unpaired) electrons. The molecule has 0 aromatic heterocycles. The maximum atomic E-state index is 12.3. The lowest BCUT2D eigenvalue weighted by Crippen LogP contribution is -2.42. The van der Waals surface area contributed by atoms with E-state index in [0.717, 1.165) is 16.8 Å². The lowest BCUT2D eigenvalue weighted by Gasteiger charge is -2.22. The minimum absolute atomic E-state index is 0.0118. The highest BCUT2D eigenvalue weighted by atomic mass is 16.1. The van der Waals surface area contributed by atoms with E-state index in [4.69, 9.17) is 5.73 Å². The number of allylic oxidation sites excluding steroid dienone is 1. The van der Waals surface area contributed by atoms with Gasteiger partial charge < -0.3 is 11.1 Å². The standard InChI is InChI=1S/C19H28N2O/c1-13(2)19(22)18(21-14(3)4)12-15(5)10-11-16-8-6-7-9-17(16)20/h6-11,13-14,18,21H,5,12,20H2,1-4H3/b11-10-/t18-/m0/s1. The van der Waals surface area contributed by atoms with Gasteiger partial charge in [-0.1, -0.05) is 70.2 Å². The summed E-state index contributed by atoms with van der Waals surface area (Å²) in [5, 5.41) is 3.33. The van der Waals surface area contributed by atoms with Crippen molar-refractivity contribution in [2.45, 2.75) is 46.2 Å². The number of rotatable bonds is 8. The molecule has 1 aromatic rings. The van der Waals surface area contributed by atoms with E-state index < -0.39 is 0 Å². The van der Waals surface area contributed by atoms with Crippen molar-refractivity contribution in [1.82, 2.24) is 5.32 Å². The summed E-state index contributed by atoms with van der Waals surface area (Å²) in [7, 11) is 0. The molecular formula is C19H28N2O. The van der Waals surface area contributed by atoms with Gasteiger partial charge in [0.1, 0.15) is 0 Å². The smallest absolute Gasteiger partial charge is 0.152 e. The third-order valence-corrected chi connectivity index (χ3v) is 3.41. The predicted octanol–water partition coefficient (Wildman–Crippen LogP) is 3.82. The lowest BCUT2D eigenvalue weighted by atomic mass is 9.95. The molecule has 22 heavy (non-hydrogen) atoms. The number of nitrogens with one attached hydrogen (secondary N) is 1. The number of anilines is 1. The van der Waals surface area contributed by atoms with E-state index in [1.165, 1.54) is 0 Å². The molecule has 1 aromatic carbocycles. The highest BCUT2D eigenvalue weighted by molar-refractivity contribution is 5.86. The number of Topliss-reactive ketones (excluding diaryl/α,β-unsaturated/α-hetero) is 1. The largest absolute Gasteiger partial charge is 0.398 e. The topological polar surface area (TPSA) is 55.1 Å². The molecule has 0 saturated heterocycles. The Kier molecular flexibility index (Phi) is 7.06. The Bertz CT molecular complexity index is 544. The lowest BCUT2D eigenvalue weighted by molar-refractivity contribution is -0.124. The second kappa shape index (κ2) is 8.54. The second-order valence-electron chi connectivity index (χ2n) is 6.26. The highest BCUT2D eigenvalue weighted by Gasteiger charge is 2.21. The molecular weight excluding hydrogens is 272 g/mol. The summed E-state index contributed by atoms with van der Waals surface area (Å²) in [6.45, 7) is 12.0. The van der Waals surface area contributed by atoms with Crippen LogP contribution in [0.2, 0.25) is 0 Å². The van der Waals surface area contributed by atoms with Gasteiger partial charge in [0, 0.05) is 17.6 Å². The van der Waals surface area contributed by atoms with E-state index in [1.807, 2.05) is 64.1 Å². The number of nitrogen functional groups attached to an aromatic ring is 1. The molecule has 1 rings (SSSR count). The zero-order valence-electron chi connectivity index (χ0n) is 14.1. The van der Waals surface area contributed by atoms with Crippen LogP contribution in [-0.4, -0.2) is 17.9 Å². The van der Waals surface area contributed by atoms with Gasteiger partial charge >= 0.3 is 0 Å². The van der Waals surface area contributed by atoms with Crippen LogP contribution in [0, 0.1) is 5.92 Å².